The molecule has 0 radical (unpaired) electrons. The second-order valence-electron chi connectivity index (χ2n) is 5.16. The predicted octanol–water partition coefficient (Wildman–Crippen LogP) is 3.67. The van der Waals surface area contributed by atoms with E-state index in [1.54, 1.807) is 0 Å². The van der Waals surface area contributed by atoms with Crippen LogP contribution in [0.3, 0.4) is 0 Å². The number of nitrogens with zero attached hydrogens (tertiary/aromatic N) is 2. The fourth-order valence-electron chi connectivity index (χ4n) is 2.04. The van der Waals surface area contributed by atoms with Crippen molar-refractivity contribution in [3.63, 3.8) is 0 Å². The summed E-state index contributed by atoms with van der Waals surface area (Å²) in [5, 5.41) is 0. The zero-order valence-corrected chi connectivity index (χ0v) is 13.2. The molecule has 2 N–H and O–H groups in total. The molecule has 102 valence electrons. The summed E-state index contributed by atoms with van der Waals surface area (Å²) in [6.45, 7) is 4.42. The van der Waals surface area contributed by atoms with Crippen LogP contribution in [0.4, 0.5) is 5.95 Å². The Balaban J connectivity index is 2.04. The van der Waals surface area contributed by atoms with Crippen LogP contribution in [0.5, 0.6) is 0 Å². The molecule has 0 fully saturated rings. The largest absolute Gasteiger partial charge is 0.369 e. The summed E-state index contributed by atoms with van der Waals surface area (Å²) in [4.78, 5) is 4.36. The van der Waals surface area contributed by atoms with Crippen LogP contribution in [0.2, 0.25) is 0 Å². The lowest BCUT2D eigenvalue weighted by Crippen LogP contribution is -1.96. The summed E-state index contributed by atoms with van der Waals surface area (Å²) >= 11 is 3.53. The van der Waals surface area contributed by atoms with Crippen LogP contribution in [0.25, 0.3) is 0 Å². The first kappa shape index (κ1) is 14.1. The van der Waals surface area contributed by atoms with Gasteiger partial charge in [-0.25, -0.2) is 4.98 Å². The molecule has 2 aromatic rings. The number of aromatic nitrogens is 2. The van der Waals surface area contributed by atoms with E-state index in [2.05, 4.69) is 59.0 Å². The van der Waals surface area contributed by atoms with Gasteiger partial charge in [0.05, 0.1) is 5.69 Å². The van der Waals surface area contributed by atoms with Gasteiger partial charge in [-0.2, -0.15) is 0 Å². The average molecular weight is 322 g/mol. The Labute approximate surface area is 123 Å². The third kappa shape index (κ3) is 3.18. The van der Waals surface area contributed by atoms with Crippen LogP contribution in [-0.4, -0.2) is 9.55 Å². The number of halogens is 1. The van der Waals surface area contributed by atoms with Crippen molar-refractivity contribution in [2.45, 2.75) is 32.6 Å². The molecule has 0 atom stereocenters. The van der Waals surface area contributed by atoms with Gasteiger partial charge in [-0.15, -0.1) is 0 Å². The second-order valence-corrected chi connectivity index (χ2v) is 5.91. The van der Waals surface area contributed by atoms with Gasteiger partial charge in [0.2, 0.25) is 5.95 Å². The lowest BCUT2D eigenvalue weighted by molar-refractivity contribution is 0.859. The van der Waals surface area contributed by atoms with E-state index in [0.29, 0.717) is 11.9 Å². The highest BCUT2D eigenvalue weighted by Gasteiger charge is 2.10. The first-order valence-electron chi connectivity index (χ1n) is 6.54. The van der Waals surface area contributed by atoms with E-state index >= 15 is 0 Å². The monoisotopic (exact) mass is 321 g/mol. The van der Waals surface area contributed by atoms with Gasteiger partial charge in [0.1, 0.15) is 4.60 Å². The molecular weight excluding hydrogens is 302 g/mol. The van der Waals surface area contributed by atoms with Gasteiger partial charge in [0.25, 0.3) is 0 Å². The molecule has 0 aliphatic rings. The van der Waals surface area contributed by atoms with Crippen LogP contribution in [-0.2, 0) is 19.9 Å². The Kier molecular flexibility index (Phi) is 4.30. The topological polar surface area (TPSA) is 43.8 Å². The van der Waals surface area contributed by atoms with Gasteiger partial charge in [0, 0.05) is 7.05 Å². The Morgan fingerprint density at radius 3 is 2.32 bits per heavy atom. The van der Waals surface area contributed by atoms with Gasteiger partial charge < -0.3 is 10.3 Å². The quantitative estimate of drug-likeness (QED) is 0.933. The SMILES string of the molecule is CC(C)c1ccc(CCc2nc(N)n(C)c2Br)cc1. The van der Waals surface area contributed by atoms with Crippen LogP contribution >= 0.6 is 15.9 Å². The highest BCUT2D eigenvalue weighted by Crippen LogP contribution is 2.21. The summed E-state index contributed by atoms with van der Waals surface area (Å²) in [5.74, 6) is 1.14. The van der Waals surface area contributed by atoms with Crippen molar-refractivity contribution < 1.29 is 0 Å². The summed E-state index contributed by atoms with van der Waals surface area (Å²) in [7, 11) is 1.91. The molecule has 0 saturated heterocycles. The molecular formula is C15H20BrN3. The third-order valence-corrected chi connectivity index (χ3v) is 4.41. The number of hydrogen-bond donors (Lipinski definition) is 1. The fourth-order valence-corrected chi connectivity index (χ4v) is 2.51. The fraction of sp³-hybridized carbons (Fsp3) is 0.400. The molecule has 0 amide bonds. The first-order valence-corrected chi connectivity index (χ1v) is 7.33. The van der Waals surface area contributed by atoms with E-state index in [-0.39, 0.29) is 0 Å². The maximum atomic E-state index is 5.79. The maximum Gasteiger partial charge on any atom is 0.201 e. The lowest BCUT2D eigenvalue weighted by atomic mass is 10.00. The summed E-state index contributed by atoms with van der Waals surface area (Å²) in [5.41, 5.74) is 9.52. The van der Waals surface area contributed by atoms with Crippen molar-refractivity contribution in [2.75, 3.05) is 5.73 Å². The van der Waals surface area contributed by atoms with Gasteiger partial charge in [-0.05, 0) is 45.8 Å². The molecule has 3 nitrogen and oxygen atoms in total. The van der Waals surface area contributed by atoms with Gasteiger partial charge in [-0.1, -0.05) is 38.1 Å². The molecule has 0 spiro atoms. The van der Waals surface area contributed by atoms with Crippen molar-refractivity contribution in [2.24, 2.45) is 7.05 Å². The molecule has 1 heterocycles. The standard InChI is InChI=1S/C15H20BrN3/c1-10(2)12-7-4-11(5-8-12)6-9-13-14(16)19(3)15(17)18-13/h4-5,7-8,10H,6,9H2,1-3H3,(H2,17,18). The number of hydrogen-bond acceptors (Lipinski definition) is 2. The normalized spacial score (nSPS) is 11.2. The van der Waals surface area contributed by atoms with Gasteiger partial charge >= 0.3 is 0 Å². The number of imidazole rings is 1. The number of rotatable bonds is 4. The first-order chi connectivity index (χ1) is 8.99. The second kappa shape index (κ2) is 5.78. The van der Waals surface area contributed by atoms with Crippen LogP contribution in [0, 0.1) is 0 Å². The molecule has 0 unspecified atom stereocenters. The number of aryl methyl sites for hydroxylation is 2. The van der Waals surface area contributed by atoms with Crippen molar-refractivity contribution in [3.05, 3.63) is 45.7 Å². The minimum Gasteiger partial charge on any atom is -0.369 e. The molecule has 19 heavy (non-hydrogen) atoms. The summed E-state index contributed by atoms with van der Waals surface area (Å²) in [6, 6.07) is 8.83. The minimum atomic E-state index is 0.553. The average Bonchev–Trinajstić information content (AvgIpc) is 2.64. The van der Waals surface area contributed by atoms with Gasteiger partial charge in [0.15, 0.2) is 0 Å². The molecule has 0 aliphatic carbocycles. The Bertz CT molecular complexity index is 556. The van der Waals surface area contributed by atoms with Crippen molar-refractivity contribution >= 4 is 21.9 Å². The highest BCUT2D eigenvalue weighted by atomic mass is 79.9. The predicted molar refractivity (Wildman–Crippen MR) is 83.3 cm³/mol. The minimum absolute atomic E-state index is 0.553. The van der Waals surface area contributed by atoms with Crippen LogP contribution < -0.4 is 5.73 Å². The van der Waals surface area contributed by atoms with Gasteiger partial charge in [-0.3, -0.25) is 0 Å². The Morgan fingerprint density at radius 2 is 1.84 bits per heavy atom. The number of nitrogens with two attached hydrogens (primary N) is 1. The summed E-state index contributed by atoms with van der Waals surface area (Å²) in [6.07, 6.45) is 1.88. The number of nitrogen functional groups attached to an aromatic ring is 1. The molecule has 4 heteroatoms. The summed E-state index contributed by atoms with van der Waals surface area (Å²) < 4.78 is 2.83. The van der Waals surface area contributed by atoms with E-state index in [1.165, 1.54) is 11.1 Å². The van der Waals surface area contributed by atoms with Crippen molar-refractivity contribution in [1.29, 1.82) is 0 Å². The Hall–Kier alpha value is -1.29. The molecule has 1 aromatic heterocycles. The highest BCUT2D eigenvalue weighted by molar-refractivity contribution is 9.10. The maximum absolute atomic E-state index is 5.79. The van der Waals surface area contributed by atoms with Crippen LogP contribution in [0.15, 0.2) is 28.9 Å². The number of benzene rings is 1. The molecule has 2 rings (SSSR count). The third-order valence-electron chi connectivity index (χ3n) is 3.42. The molecule has 0 aliphatic heterocycles. The van der Waals surface area contributed by atoms with Crippen LogP contribution in [0.1, 0.15) is 36.6 Å². The lowest BCUT2D eigenvalue weighted by Gasteiger charge is -2.06. The van der Waals surface area contributed by atoms with E-state index in [4.69, 9.17) is 5.73 Å². The van der Waals surface area contributed by atoms with E-state index in [9.17, 15) is 0 Å². The smallest absolute Gasteiger partial charge is 0.201 e. The molecule has 0 bridgehead atoms. The molecule has 1 aromatic carbocycles. The van der Waals surface area contributed by atoms with Crippen molar-refractivity contribution in [3.8, 4) is 0 Å². The zero-order chi connectivity index (χ0) is 14.0. The zero-order valence-electron chi connectivity index (χ0n) is 11.7. The Morgan fingerprint density at radius 1 is 1.21 bits per heavy atom. The molecule has 0 saturated carbocycles. The van der Waals surface area contributed by atoms with E-state index < -0.39 is 0 Å². The van der Waals surface area contributed by atoms with E-state index in [0.717, 1.165) is 23.1 Å². The number of anilines is 1. The van der Waals surface area contributed by atoms with E-state index in [1.807, 2.05) is 11.6 Å². The van der Waals surface area contributed by atoms with Crippen molar-refractivity contribution in [1.82, 2.24) is 9.55 Å².